The number of rotatable bonds is 17. The molecule has 0 radical (unpaired) electrons. The van der Waals surface area contributed by atoms with E-state index in [1.165, 1.54) is 83.5 Å². The second-order valence-electron chi connectivity index (χ2n) is 6.61. The van der Waals surface area contributed by atoms with E-state index in [1.54, 1.807) is 6.92 Å². The van der Waals surface area contributed by atoms with Gasteiger partial charge in [0.25, 0.3) is 0 Å². The first-order valence-electron chi connectivity index (χ1n) is 9.64. The second kappa shape index (κ2) is 16.8. The molecule has 0 saturated carbocycles. The minimum atomic E-state index is -0.759. The fourth-order valence-electron chi connectivity index (χ4n) is 2.73. The third kappa shape index (κ3) is 15.8. The second-order valence-corrected chi connectivity index (χ2v) is 6.61. The summed E-state index contributed by atoms with van der Waals surface area (Å²) in [5.41, 5.74) is 0. The molecule has 0 aliphatic carbocycles. The van der Waals surface area contributed by atoms with E-state index in [1.807, 2.05) is 0 Å². The van der Waals surface area contributed by atoms with Gasteiger partial charge in [-0.1, -0.05) is 90.4 Å². The topological polar surface area (TPSA) is 49.3 Å². The van der Waals surface area contributed by atoms with Crippen LogP contribution < -0.4 is 5.32 Å². The lowest BCUT2D eigenvalue weighted by molar-refractivity contribution is -0.138. The standard InChI is InChI=1S/C19H39NO2/c1-3-4-5-6-7-8-9-10-11-12-13-14-15-16-17-20-18(2)19(21)22/h18,20H,3-17H2,1-2H3,(H,21,22)/t18-/m0/s1. The number of carboxylic acid groups (broad SMARTS) is 1. The van der Waals surface area contributed by atoms with Gasteiger partial charge in [-0.05, 0) is 19.9 Å². The first-order chi connectivity index (χ1) is 10.7. The highest BCUT2D eigenvalue weighted by molar-refractivity contribution is 5.72. The van der Waals surface area contributed by atoms with Crippen LogP contribution in [0.5, 0.6) is 0 Å². The summed E-state index contributed by atoms with van der Waals surface area (Å²) in [7, 11) is 0. The van der Waals surface area contributed by atoms with Crippen molar-refractivity contribution in [2.24, 2.45) is 0 Å². The highest BCUT2D eigenvalue weighted by atomic mass is 16.4. The maximum atomic E-state index is 10.6. The van der Waals surface area contributed by atoms with Gasteiger partial charge in [0, 0.05) is 0 Å². The molecule has 3 nitrogen and oxygen atoms in total. The summed E-state index contributed by atoms with van der Waals surface area (Å²) >= 11 is 0. The number of hydrogen-bond donors (Lipinski definition) is 2. The zero-order valence-corrected chi connectivity index (χ0v) is 15.0. The summed E-state index contributed by atoms with van der Waals surface area (Å²) in [5, 5.41) is 11.8. The molecule has 22 heavy (non-hydrogen) atoms. The van der Waals surface area contributed by atoms with Crippen LogP contribution in [0.25, 0.3) is 0 Å². The van der Waals surface area contributed by atoms with Gasteiger partial charge < -0.3 is 10.4 Å². The van der Waals surface area contributed by atoms with Gasteiger partial charge in [0.05, 0.1) is 0 Å². The van der Waals surface area contributed by atoms with E-state index in [-0.39, 0.29) is 0 Å². The average Bonchev–Trinajstić information content (AvgIpc) is 2.50. The summed E-state index contributed by atoms with van der Waals surface area (Å²) < 4.78 is 0. The van der Waals surface area contributed by atoms with Crippen molar-refractivity contribution in [2.75, 3.05) is 6.54 Å². The Balaban J connectivity index is 3.04. The van der Waals surface area contributed by atoms with Gasteiger partial charge in [-0.3, -0.25) is 4.79 Å². The minimum Gasteiger partial charge on any atom is -0.480 e. The Kier molecular flexibility index (Phi) is 16.4. The summed E-state index contributed by atoms with van der Waals surface area (Å²) in [6, 6.07) is -0.415. The minimum absolute atomic E-state index is 0.415. The molecule has 2 N–H and O–H groups in total. The molecule has 132 valence electrons. The normalized spacial score (nSPS) is 12.5. The molecular formula is C19H39NO2. The summed E-state index contributed by atoms with van der Waals surface area (Å²) in [6.45, 7) is 4.80. The molecule has 0 heterocycles. The fraction of sp³-hybridized carbons (Fsp3) is 0.947. The Labute approximate surface area is 138 Å². The Morgan fingerprint density at radius 3 is 1.50 bits per heavy atom. The first kappa shape index (κ1) is 21.4. The number of unbranched alkanes of at least 4 members (excludes halogenated alkanes) is 13. The van der Waals surface area contributed by atoms with Crippen molar-refractivity contribution < 1.29 is 9.90 Å². The Hall–Kier alpha value is -0.570. The molecule has 0 aromatic carbocycles. The van der Waals surface area contributed by atoms with Crippen LogP contribution in [-0.2, 0) is 4.79 Å². The number of aliphatic carboxylic acids is 1. The van der Waals surface area contributed by atoms with E-state index in [4.69, 9.17) is 5.11 Å². The molecule has 0 aliphatic heterocycles. The van der Waals surface area contributed by atoms with Crippen LogP contribution in [0.15, 0.2) is 0 Å². The van der Waals surface area contributed by atoms with Crippen LogP contribution in [0.2, 0.25) is 0 Å². The van der Waals surface area contributed by atoms with E-state index < -0.39 is 12.0 Å². The molecule has 0 saturated heterocycles. The molecule has 0 aliphatic rings. The monoisotopic (exact) mass is 313 g/mol. The zero-order chi connectivity index (χ0) is 16.5. The van der Waals surface area contributed by atoms with Crippen LogP contribution >= 0.6 is 0 Å². The van der Waals surface area contributed by atoms with E-state index in [2.05, 4.69) is 12.2 Å². The largest absolute Gasteiger partial charge is 0.480 e. The van der Waals surface area contributed by atoms with Crippen molar-refractivity contribution in [1.82, 2.24) is 5.32 Å². The summed E-state index contributed by atoms with van der Waals surface area (Å²) in [6.07, 6.45) is 19.0. The van der Waals surface area contributed by atoms with Crippen molar-refractivity contribution in [3.63, 3.8) is 0 Å². The third-order valence-electron chi connectivity index (χ3n) is 4.35. The molecular weight excluding hydrogens is 274 g/mol. The predicted octanol–water partition coefficient (Wildman–Crippen LogP) is 5.53. The van der Waals surface area contributed by atoms with Gasteiger partial charge in [0.1, 0.15) is 6.04 Å². The van der Waals surface area contributed by atoms with Gasteiger partial charge in [0.2, 0.25) is 0 Å². The molecule has 0 rings (SSSR count). The number of hydrogen-bond acceptors (Lipinski definition) is 2. The molecule has 0 spiro atoms. The van der Waals surface area contributed by atoms with Gasteiger partial charge in [0.15, 0.2) is 0 Å². The molecule has 0 unspecified atom stereocenters. The van der Waals surface area contributed by atoms with E-state index >= 15 is 0 Å². The lowest BCUT2D eigenvalue weighted by atomic mass is 10.0. The molecule has 0 aromatic rings. The molecule has 0 bridgehead atoms. The van der Waals surface area contributed by atoms with Crippen molar-refractivity contribution in [3.05, 3.63) is 0 Å². The number of carbonyl (C=O) groups is 1. The van der Waals surface area contributed by atoms with Gasteiger partial charge in [-0.2, -0.15) is 0 Å². The van der Waals surface area contributed by atoms with Crippen molar-refractivity contribution in [1.29, 1.82) is 0 Å². The fourth-order valence-corrected chi connectivity index (χ4v) is 2.73. The van der Waals surface area contributed by atoms with E-state index in [0.717, 1.165) is 13.0 Å². The maximum Gasteiger partial charge on any atom is 0.320 e. The van der Waals surface area contributed by atoms with Crippen LogP contribution in [0.4, 0.5) is 0 Å². The van der Waals surface area contributed by atoms with Crippen LogP contribution in [0.3, 0.4) is 0 Å². The van der Waals surface area contributed by atoms with Crippen LogP contribution in [-0.4, -0.2) is 23.7 Å². The van der Waals surface area contributed by atoms with Crippen LogP contribution in [0.1, 0.15) is 104 Å². The first-order valence-corrected chi connectivity index (χ1v) is 9.64. The third-order valence-corrected chi connectivity index (χ3v) is 4.35. The highest BCUT2D eigenvalue weighted by Gasteiger charge is 2.07. The highest BCUT2D eigenvalue weighted by Crippen LogP contribution is 2.12. The Bertz CT molecular complexity index is 244. The predicted molar refractivity (Wildman–Crippen MR) is 95.4 cm³/mol. The lowest BCUT2D eigenvalue weighted by Crippen LogP contribution is -2.34. The molecule has 3 heteroatoms. The molecule has 0 amide bonds. The van der Waals surface area contributed by atoms with Gasteiger partial charge in [-0.15, -0.1) is 0 Å². The Morgan fingerprint density at radius 2 is 1.14 bits per heavy atom. The Morgan fingerprint density at radius 1 is 0.773 bits per heavy atom. The number of nitrogens with one attached hydrogen (secondary N) is 1. The van der Waals surface area contributed by atoms with Gasteiger partial charge in [-0.25, -0.2) is 0 Å². The van der Waals surface area contributed by atoms with Crippen molar-refractivity contribution in [3.8, 4) is 0 Å². The lowest BCUT2D eigenvalue weighted by Gasteiger charge is -2.08. The zero-order valence-electron chi connectivity index (χ0n) is 15.0. The SMILES string of the molecule is CCCCCCCCCCCCCCCCN[C@@H](C)C(=O)O. The summed E-state index contributed by atoms with van der Waals surface area (Å²) in [4.78, 5) is 10.6. The van der Waals surface area contributed by atoms with Gasteiger partial charge >= 0.3 is 5.97 Å². The molecule has 0 fully saturated rings. The van der Waals surface area contributed by atoms with E-state index in [0.29, 0.717) is 0 Å². The number of carboxylic acids is 1. The van der Waals surface area contributed by atoms with Crippen LogP contribution in [0, 0.1) is 0 Å². The van der Waals surface area contributed by atoms with Crippen molar-refractivity contribution in [2.45, 2.75) is 110 Å². The molecule has 1 atom stereocenters. The average molecular weight is 314 g/mol. The summed E-state index contributed by atoms with van der Waals surface area (Å²) in [5.74, 6) is -0.759. The molecule has 0 aromatic heterocycles. The maximum absolute atomic E-state index is 10.6. The van der Waals surface area contributed by atoms with Crippen molar-refractivity contribution >= 4 is 5.97 Å². The quantitative estimate of drug-likeness (QED) is 0.347. The smallest absolute Gasteiger partial charge is 0.320 e. The van der Waals surface area contributed by atoms with E-state index in [9.17, 15) is 4.79 Å².